The Bertz CT molecular complexity index is 844. The van der Waals surface area contributed by atoms with Gasteiger partial charge in [0.1, 0.15) is 0 Å². The van der Waals surface area contributed by atoms with Crippen LogP contribution in [0.3, 0.4) is 0 Å². The van der Waals surface area contributed by atoms with Crippen molar-refractivity contribution < 1.29 is 22.7 Å². The largest absolute Gasteiger partial charge is 0.339 e. The number of nitrogens with zero attached hydrogens (tertiary/aromatic N) is 2. The lowest BCUT2D eigenvalue weighted by Gasteiger charge is -2.22. The lowest BCUT2D eigenvalue weighted by molar-refractivity contribution is -0.384. The molecule has 0 heterocycles. The summed E-state index contributed by atoms with van der Waals surface area (Å²) in [7, 11) is -4.11. The van der Waals surface area contributed by atoms with Crippen molar-refractivity contribution in [3.8, 4) is 0 Å². The van der Waals surface area contributed by atoms with Gasteiger partial charge in [-0.1, -0.05) is 90.4 Å². The lowest BCUT2D eigenvalue weighted by Crippen LogP contribution is -2.34. The van der Waals surface area contributed by atoms with Crippen LogP contribution in [0.25, 0.3) is 0 Å². The molecule has 9 heteroatoms. The molecule has 0 fully saturated rings. The molecule has 8 nitrogen and oxygen atoms in total. The maximum Gasteiger partial charge on any atom is 0.270 e. The topological polar surface area (TPSA) is 118 Å². The van der Waals surface area contributed by atoms with Gasteiger partial charge in [0.25, 0.3) is 21.7 Å². The standard InChI is InChI=1S/C26H43N2O6S/c1-2-3-4-5-6-7-8-9-10-11-12-13-14-15-20-27(21-17-22-35(32,33)34)26(29)24-18-16-19-25(23-24)28(30)31/h16,19,23H,2-15,17,20-22H2,1H3,(H,32,33,34). The Morgan fingerprint density at radius 1 is 0.914 bits per heavy atom. The molecule has 1 N–H and O–H groups in total. The number of benzene rings is 1. The first-order chi connectivity index (χ1) is 16.7. The molecule has 0 aliphatic carbocycles. The summed E-state index contributed by atoms with van der Waals surface area (Å²) >= 11 is 0. The average molecular weight is 512 g/mol. The molecule has 0 aromatic heterocycles. The van der Waals surface area contributed by atoms with E-state index in [1.807, 2.05) is 0 Å². The smallest absolute Gasteiger partial charge is 0.270 e. The molecule has 0 atom stereocenters. The molecular weight excluding hydrogens is 468 g/mol. The number of carbonyl (C=O) groups is 1. The quantitative estimate of drug-likeness (QED) is 0.0860. The van der Waals surface area contributed by atoms with Gasteiger partial charge in [0.2, 0.25) is 0 Å². The van der Waals surface area contributed by atoms with E-state index in [9.17, 15) is 23.3 Å². The van der Waals surface area contributed by atoms with Gasteiger partial charge >= 0.3 is 0 Å². The van der Waals surface area contributed by atoms with E-state index >= 15 is 0 Å². The predicted octanol–water partition coefficient (Wildman–Crippen LogP) is 6.60. The second-order valence-electron chi connectivity index (χ2n) is 9.25. The number of carbonyl (C=O) groups excluding carboxylic acids is 1. The van der Waals surface area contributed by atoms with Crippen molar-refractivity contribution in [1.82, 2.24) is 4.90 Å². The second-order valence-corrected chi connectivity index (χ2v) is 10.8. The van der Waals surface area contributed by atoms with Crippen molar-refractivity contribution in [2.45, 2.75) is 103 Å². The van der Waals surface area contributed by atoms with Gasteiger partial charge in [-0.05, 0) is 25.0 Å². The lowest BCUT2D eigenvalue weighted by atomic mass is 10.0. The number of rotatable bonds is 21. The Kier molecular flexibility index (Phi) is 16.2. The fourth-order valence-electron chi connectivity index (χ4n) is 4.11. The molecule has 1 radical (unpaired) electrons. The van der Waals surface area contributed by atoms with Crippen LogP contribution in [0, 0.1) is 16.2 Å². The van der Waals surface area contributed by atoms with Gasteiger partial charge in [0.05, 0.1) is 16.2 Å². The van der Waals surface area contributed by atoms with Crippen molar-refractivity contribution >= 4 is 21.7 Å². The molecule has 0 aliphatic heterocycles. The first-order valence-electron chi connectivity index (χ1n) is 13.1. The molecule has 0 bridgehead atoms. The Balaban J connectivity index is 2.34. The molecule has 1 aromatic carbocycles. The summed E-state index contributed by atoms with van der Waals surface area (Å²) in [6, 6.07) is 6.54. The molecule has 0 spiro atoms. The van der Waals surface area contributed by atoms with Gasteiger partial charge in [-0.2, -0.15) is 8.42 Å². The predicted molar refractivity (Wildman–Crippen MR) is 139 cm³/mol. The summed E-state index contributed by atoms with van der Waals surface area (Å²) in [5, 5.41) is 11.0. The van der Waals surface area contributed by atoms with Gasteiger partial charge < -0.3 is 4.90 Å². The number of nitro groups is 1. The Labute approximate surface area is 211 Å². The van der Waals surface area contributed by atoms with Crippen LogP contribution in [0.4, 0.5) is 5.69 Å². The summed E-state index contributed by atoms with van der Waals surface area (Å²) in [5.41, 5.74) is -0.113. The van der Waals surface area contributed by atoms with Crippen LogP contribution in [0.1, 0.15) is 114 Å². The Hall–Kier alpha value is -2.00. The number of amides is 1. The normalized spacial score (nSPS) is 11.5. The SMILES string of the molecule is CCCCCCCCCCCCCCCCN(CCCS(=O)(=O)O)C(=O)c1[c]ccc([N+](=O)[O-])c1. The molecule has 0 saturated carbocycles. The zero-order chi connectivity index (χ0) is 25.9. The minimum atomic E-state index is -4.11. The van der Waals surface area contributed by atoms with Crippen LogP contribution >= 0.6 is 0 Å². The number of hydrogen-bond acceptors (Lipinski definition) is 5. The number of nitro benzene ring substituents is 1. The number of non-ortho nitro benzene ring substituents is 1. The van der Waals surface area contributed by atoms with Crippen LogP contribution in [-0.4, -0.2) is 47.5 Å². The zero-order valence-electron chi connectivity index (χ0n) is 21.3. The summed E-state index contributed by atoms with van der Waals surface area (Å²) in [6.45, 7) is 2.81. The monoisotopic (exact) mass is 511 g/mol. The fraction of sp³-hybridized carbons (Fsp3) is 0.731. The molecule has 0 aliphatic rings. The van der Waals surface area contributed by atoms with E-state index in [1.54, 1.807) is 0 Å². The molecule has 0 unspecified atom stereocenters. The minimum Gasteiger partial charge on any atom is -0.339 e. The van der Waals surface area contributed by atoms with E-state index < -0.39 is 26.7 Å². The van der Waals surface area contributed by atoms with Gasteiger partial charge in [0, 0.05) is 25.2 Å². The van der Waals surface area contributed by atoms with Gasteiger partial charge in [-0.25, -0.2) is 0 Å². The van der Waals surface area contributed by atoms with Crippen LogP contribution in [0.2, 0.25) is 0 Å². The van der Waals surface area contributed by atoms with Crippen LogP contribution in [-0.2, 0) is 10.1 Å². The average Bonchev–Trinajstić information content (AvgIpc) is 2.82. The van der Waals surface area contributed by atoms with Crippen LogP contribution < -0.4 is 0 Å². The highest BCUT2D eigenvalue weighted by Gasteiger charge is 2.19. The van der Waals surface area contributed by atoms with Crippen molar-refractivity contribution in [2.75, 3.05) is 18.8 Å². The molecule has 199 valence electrons. The second kappa shape index (κ2) is 18.3. The third kappa shape index (κ3) is 15.6. The summed E-state index contributed by atoms with van der Waals surface area (Å²) < 4.78 is 31.1. The van der Waals surface area contributed by atoms with E-state index in [4.69, 9.17) is 4.55 Å². The first-order valence-corrected chi connectivity index (χ1v) is 14.8. The van der Waals surface area contributed by atoms with Crippen molar-refractivity contribution in [2.24, 2.45) is 0 Å². The fourth-order valence-corrected chi connectivity index (χ4v) is 4.61. The highest BCUT2D eigenvalue weighted by Crippen LogP contribution is 2.16. The van der Waals surface area contributed by atoms with Gasteiger partial charge in [-0.3, -0.25) is 19.5 Å². The van der Waals surface area contributed by atoms with Crippen molar-refractivity contribution in [1.29, 1.82) is 0 Å². The van der Waals surface area contributed by atoms with E-state index in [2.05, 4.69) is 13.0 Å². The summed E-state index contributed by atoms with van der Waals surface area (Å²) in [4.78, 5) is 24.9. The number of unbranched alkanes of at least 4 members (excludes halogenated alkanes) is 13. The molecule has 0 saturated heterocycles. The third-order valence-corrected chi connectivity index (χ3v) is 6.93. The highest BCUT2D eigenvalue weighted by molar-refractivity contribution is 7.85. The summed E-state index contributed by atoms with van der Waals surface area (Å²) in [5.74, 6) is -0.854. The first kappa shape index (κ1) is 31.0. The van der Waals surface area contributed by atoms with E-state index in [0.717, 1.165) is 25.7 Å². The highest BCUT2D eigenvalue weighted by atomic mass is 32.2. The van der Waals surface area contributed by atoms with E-state index in [-0.39, 0.29) is 24.2 Å². The van der Waals surface area contributed by atoms with Crippen molar-refractivity contribution in [3.05, 3.63) is 39.9 Å². The maximum atomic E-state index is 12.9. The maximum absolute atomic E-state index is 12.9. The summed E-state index contributed by atoms with van der Waals surface area (Å²) in [6.07, 6.45) is 17.2. The van der Waals surface area contributed by atoms with Crippen LogP contribution in [0.5, 0.6) is 0 Å². The van der Waals surface area contributed by atoms with Gasteiger partial charge in [0.15, 0.2) is 0 Å². The zero-order valence-corrected chi connectivity index (χ0v) is 22.1. The molecule has 35 heavy (non-hydrogen) atoms. The van der Waals surface area contributed by atoms with Gasteiger partial charge in [-0.15, -0.1) is 0 Å². The molecule has 1 amide bonds. The minimum absolute atomic E-state index is 0.0800. The Morgan fingerprint density at radius 2 is 1.40 bits per heavy atom. The van der Waals surface area contributed by atoms with E-state index in [1.165, 1.54) is 87.3 Å². The van der Waals surface area contributed by atoms with Crippen molar-refractivity contribution in [3.63, 3.8) is 0 Å². The molecule has 1 aromatic rings. The van der Waals surface area contributed by atoms with Crippen LogP contribution in [0.15, 0.2) is 18.2 Å². The third-order valence-electron chi connectivity index (χ3n) is 6.13. The molecular formula is C26H43N2O6S. The molecule has 1 rings (SSSR count). The number of hydrogen-bond donors (Lipinski definition) is 1. The van der Waals surface area contributed by atoms with E-state index in [0.29, 0.717) is 6.54 Å². The Morgan fingerprint density at radius 3 is 1.89 bits per heavy atom.